The van der Waals surface area contributed by atoms with E-state index in [1.807, 2.05) is 42.6 Å². The third-order valence-electron chi connectivity index (χ3n) is 2.97. The average molecular weight is 294 g/mol. The van der Waals surface area contributed by atoms with E-state index in [9.17, 15) is 8.42 Å². The van der Waals surface area contributed by atoms with E-state index in [1.54, 1.807) is 4.68 Å². The molecule has 1 aromatic carbocycles. The number of nitrogens with one attached hydrogen (secondary N) is 1. The zero-order valence-electron chi connectivity index (χ0n) is 11.2. The van der Waals surface area contributed by atoms with E-state index in [1.165, 1.54) is 6.26 Å². The molecule has 20 heavy (non-hydrogen) atoms. The van der Waals surface area contributed by atoms with Crippen molar-refractivity contribution in [2.24, 2.45) is 5.84 Å². The Morgan fingerprint density at radius 1 is 1.30 bits per heavy atom. The lowest BCUT2D eigenvalue weighted by Crippen LogP contribution is -2.30. The molecule has 0 fully saturated rings. The molecule has 0 spiro atoms. The Bertz CT molecular complexity index is 652. The van der Waals surface area contributed by atoms with Gasteiger partial charge in [0.2, 0.25) is 0 Å². The van der Waals surface area contributed by atoms with Gasteiger partial charge < -0.3 is 0 Å². The maximum atomic E-state index is 11.2. The van der Waals surface area contributed by atoms with Crippen molar-refractivity contribution in [2.45, 2.75) is 12.5 Å². The van der Waals surface area contributed by atoms with Crippen molar-refractivity contribution in [1.29, 1.82) is 0 Å². The van der Waals surface area contributed by atoms with Crippen LogP contribution in [0.2, 0.25) is 0 Å². The van der Waals surface area contributed by atoms with Crippen LogP contribution in [0.3, 0.4) is 0 Å². The molecule has 2 rings (SSSR count). The van der Waals surface area contributed by atoms with Crippen LogP contribution in [0.4, 0.5) is 0 Å². The van der Waals surface area contributed by atoms with Gasteiger partial charge in [0.1, 0.15) is 9.84 Å². The molecule has 7 heteroatoms. The number of nitrogens with zero attached hydrogens (tertiary/aromatic N) is 2. The minimum atomic E-state index is -3.01. The summed E-state index contributed by atoms with van der Waals surface area (Å²) in [6.07, 6.45) is 3.43. The third-order valence-corrected chi connectivity index (χ3v) is 3.94. The maximum Gasteiger partial charge on any atom is 0.147 e. The highest BCUT2D eigenvalue weighted by molar-refractivity contribution is 7.90. The Hall–Kier alpha value is -1.70. The van der Waals surface area contributed by atoms with Crippen molar-refractivity contribution in [1.82, 2.24) is 15.2 Å². The van der Waals surface area contributed by atoms with Gasteiger partial charge in [0, 0.05) is 12.5 Å². The molecular weight excluding hydrogens is 276 g/mol. The molecule has 1 unspecified atom stereocenters. The predicted molar refractivity (Wildman–Crippen MR) is 78.0 cm³/mol. The molecular formula is C13H18N4O2S. The summed E-state index contributed by atoms with van der Waals surface area (Å²) in [5, 5.41) is 4.43. The third kappa shape index (κ3) is 3.89. The first kappa shape index (κ1) is 14.7. The highest BCUT2D eigenvalue weighted by atomic mass is 32.2. The molecule has 6 nitrogen and oxygen atoms in total. The van der Waals surface area contributed by atoms with E-state index < -0.39 is 9.84 Å². The molecule has 3 N–H and O–H groups in total. The van der Waals surface area contributed by atoms with Gasteiger partial charge in [-0.1, -0.05) is 18.2 Å². The molecule has 0 saturated heterocycles. The van der Waals surface area contributed by atoms with Crippen LogP contribution in [0.1, 0.15) is 18.2 Å². The van der Waals surface area contributed by atoms with Crippen LogP contribution in [-0.4, -0.2) is 30.2 Å². The number of rotatable bonds is 6. The van der Waals surface area contributed by atoms with Gasteiger partial charge in [-0.05, 0) is 24.6 Å². The van der Waals surface area contributed by atoms with Crippen molar-refractivity contribution < 1.29 is 8.42 Å². The normalized spacial score (nSPS) is 13.3. The molecule has 0 amide bonds. The first-order chi connectivity index (χ1) is 9.49. The molecule has 1 heterocycles. The Labute approximate surface area is 118 Å². The predicted octanol–water partition coefficient (Wildman–Crippen LogP) is 0.811. The van der Waals surface area contributed by atoms with E-state index in [0.717, 1.165) is 11.4 Å². The van der Waals surface area contributed by atoms with Gasteiger partial charge in [0.25, 0.3) is 0 Å². The Morgan fingerprint density at radius 2 is 2.00 bits per heavy atom. The number of hydrazine groups is 1. The number of benzene rings is 1. The molecule has 2 aromatic rings. The number of hydrogen-bond acceptors (Lipinski definition) is 5. The second-order valence-electron chi connectivity index (χ2n) is 4.66. The number of hydrogen-bond donors (Lipinski definition) is 2. The summed E-state index contributed by atoms with van der Waals surface area (Å²) in [4.78, 5) is 0. The molecule has 1 aromatic heterocycles. The second kappa shape index (κ2) is 6.17. The molecule has 0 radical (unpaired) electrons. The number of nitrogens with two attached hydrogens (primary N) is 1. The first-order valence-corrected chi connectivity index (χ1v) is 8.30. The first-order valence-electron chi connectivity index (χ1n) is 6.24. The van der Waals surface area contributed by atoms with Crippen LogP contribution in [0.5, 0.6) is 0 Å². The number of sulfone groups is 1. The van der Waals surface area contributed by atoms with Crippen molar-refractivity contribution >= 4 is 9.84 Å². The van der Waals surface area contributed by atoms with Crippen LogP contribution < -0.4 is 11.3 Å². The zero-order chi connectivity index (χ0) is 14.6. The van der Waals surface area contributed by atoms with E-state index in [-0.39, 0.29) is 11.8 Å². The Kier molecular flexibility index (Phi) is 4.53. The summed E-state index contributed by atoms with van der Waals surface area (Å²) < 4.78 is 24.2. The largest absolute Gasteiger partial charge is 0.271 e. The van der Waals surface area contributed by atoms with Gasteiger partial charge >= 0.3 is 0 Å². The van der Waals surface area contributed by atoms with Gasteiger partial charge in [-0.3, -0.25) is 11.3 Å². The minimum absolute atomic E-state index is 0.0695. The van der Waals surface area contributed by atoms with Gasteiger partial charge in [0.15, 0.2) is 0 Å². The Morgan fingerprint density at radius 3 is 2.60 bits per heavy atom. The fourth-order valence-corrected chi connectivity index (χ4v) is 2.56. The summed E-state index contributed by atoms with van der Waals surface area (Å²) in [5.74, 6) is 5.56. The van der Waals surface area contributed by atoms with E-state index >= 15 is 0 Å². The number of aromatic nitrogens is 2. The fraction of sp³-hybridized carbons (Fsp3) is 0.308. The molecule has 0 bridgehead atoms. The maximum absolute atomic E-state index is 11.2. The lowest BCUT2D eigenvalue weighted by Gasteiger charge is -2.12. The zero-order valence-corrected chi connectivity index (χ0v) is 12.0. The molecule has 0 aliphatic carbocycles. The van der Waals surface area contributed by atoms with Crippen molar-refractivity contribution in [3.05, 3.63) is 48.3 Å². The van der Waals surface area contributed by atoms with E-state index in [2.05, 4.69) is 10.5 Å². The highest BCUT2D eigenvalue weighted by Gasteiger charge is 2.15. The van der Waals surface area contributed by atoms with Gasteiger partial charge in [-0.25, -0.2) is 13.1 Å². The topological polar surface area (TPSA) is 90.0 Å². The van der Waals surface area contributed by atoms with Crippen LogP contribution >= 0.6 is 0 Å². The van der Waals surface area contributed by atoms with Crippen molar-refractivity contribution in [3.8, 4) is 5.69 Å². The summed E-state index contributed by atoms with van der Waals surface area (Å²) in [6, 6.07) is 11.2. The molecule has 0 aliphatic heterocycles. The molecule has 0 aliphatic rings. The Balaban J connectivity index is 2.14. The minimum Gasteiger partial charge on any atom is -0.271 e. The molecule has 0 saturated carbocycles. The number of para-hydroxylation sites is 1. The molecule has 1 atom stereocenters. The summed E-state index contributed by atoms with van der Waals surface area (Å²) in [5.41, 5.74) is 4.28. The van der Waals surface area contributed by atoms with Crippen molar-refractivity contribution in [2.75, 3.05) is 12.0 Å². The average Bonchev–Trinajstić information content (AvgIpc) is 2.89. The van der Waals surface area contributed by atoms with Crippen LogP contribution in [-0.2, 0) is 9.84 Å². The highest BCUT2D eigenvalue weighted by Crippen LogP contribution is 2.16. The van der Waals surface area contributed by atoms with Gasteiger partial charge in [-0.2, -0.15) is 5.10 Å². The lowest BCUT2D eigenvalue weighted by molar-refractivity contribution is 0.516. The van der Waals surface area contributed by atoms with Gasteiger partial charge in [0.05, 0.1) is 23.2 Å². The van der Waals surface area contributed by atoms with Crippen molar-refractivity contribution in [3.63, 3.8) is 0 Å². The van der Waals surface area contributed by atoms with Gasteiger partial charge in [-0.15, -0.1) is 0 Å². The van der Waals surface area contributed by atoms with E-state index in [0.29, 0.717) is 6.42 Å². The van der Waals surface area contributed by atoms with Crippen LogP contribution in [0.15, 0.2) is 42.6 Å². The SMILES string of the molecule is CS(=O)(=O)CCC(NN)c1ccn(-c2ccccc2)n1. The molecule has 108 valence electrons. The fourth-order valence-electron chi connectivity index (χ4n) is 1.90. The van der Waals surface area contributed by atoms with E-state index in [4.69, 9.17) is 5.84 Å². The monoisotopic (exact) mass is 294 g/mol. The van der Waals surface area contributed by atoms with Crippen LogP contribution in [0.25, 0.3) is 5.69 Å². The summed E-state index contributed by atoms with van der Waals surface area (Å²) >= 11 is 0. The second-order valence-corrected chi connectivity index (χ2v) is 6.92. The standard InChI is InChI=1S/C13H18N4O2S/c1-20(18,19)10-8-12(15-14)13-7-9-17(16-13)11-5-3-2-4-6-11/h2-7,9,12,15H,8,10,14H2,1H3. The summed E-state index contributed by atoms with van der Waals surface area (Å²) in [7, 11) is -3.01. The quantitative estimate of drug-likeness (QED) is 0.608. The van der Waals surface area contributed by atoms with Crippen LogP contribution in [0, 0.1) is 0 Å². The summed E-state index contributed by atoms with van der Waals surface area (Å²) in [6.45, 7) is 0. The smallest absolute Gasteiger partial charge is 0.147 e. The lowest BCUT2D eigenvalue weighted by atomic mass is 10.2.